The SMILES string of the molecule is CCCNC(=O)N1CCN(C(CCC)C(N)=S)CC1. The van der Waals surface area contributed by atoms with Crippen molar-refractivity contribution in [3.05, 3.63) is 0 Å². The molecule has 2 amide bonds. The summed E-state index contributed by atoms with van der Waals surface area (Å²) in [5, 5.41) is 2.91. The van der Waals surface area contributed by atoms with E-state index in [1.165, 1.54) is 0 Å². The molecule has 1 atom stereocenters. The molecule has 110 valence electrons. The fourth-order valence-corrected chi connectivity index (χ4v) is 2.63. The smallest absolute Gasteiger partial charge is 0.317 e. The molecule has 0 aromatic rings. The van der Waals surface area contributed by atoms with E-state index in [1.807, 2.05) is 4.90 Å². The summed E-state index contributed by atoms with van der Waals surface area (Å²) >= 11 is 5.14. The molecule has 0 saturated carbocycles. The van der Waals surface area contributed by atoms with Gasteiger partial charge in [0.05, 0.1) is 11.0 Å². The van der Waals surface area contributed by atoms with Crippen LogP contribution in [-0.4, -0.2) is 59.6 Å². The second-order valence-electron chi connectivity index (χ2n) is 4.96. The van der Waals surface area contributed by atoms with Crippen molar-refractivity contribution in [1.82, 2.24) is 15.1 Å². The maximum Gasteiger partial charge on any atom is 0.317 e. The molecule has 1 fully saturated rings. The van der Waals surface area contributed by atoms with Gasteiger partial charge in [0, 0.05) is 32.7 Å². The van der Waals surface area contributed by atoms with Gasteiger partial charge >= 0.3 is 6.03 Å². The number of nitrogens with two attached hydrogens (primary N) is 1. The van der Waals surface area contributed by atoms with Crippen LogP contribution in [0.3, 0.4) is 0 Å². The molecule has 0 aromatic heterocycles. The fourth-order valence-electron chi connectivity index (χ4n) is 2.36. The summed E-state index contributed by atoms with van der Waals surface area (Å²) in [6.07, 6.45) is 3.03. The molecule has 19 heavy (non-hydrogen) atoms. The third-order valence-corrected chi connectivity index (χ3v) is 3.73. The van der Waals surface area contributed by atoms with Crippen LogP contribution in [0.2, 0.25) is 0 Å². The van der Waals surface area contributed by atoms with E-state index in [1.54, 1.807) is 0 Å². The maximum absolute atomic E-state index is 11.8. The molecule has 3 N–H and O–H groups in total. The lowest BCUT2D eigenvalue weighted by molar-refractivity contribution is 0.125. The second-order valence-corrected chi connectivity index (χ2v) is 5.43. The number of piperazine rings is 1. The highest BCUT2D eigenvalue weighted by Crippen LogP contribution is 2.11. The lowest BCUT2D eigenvalue weighted by Gasteiger charge is -2.38. The Morgan fingerprint density at radius 1 is 1.26 bits per heavy atom. The van der Waals surface area contributed by atoms with Gasteiger partial charge in [-0.25, -0.2) is 4.79 Å². The monoisotopic (exact) mass is 286 g/mol. The van der Waals surface area contributed by atoms with Crippen molar-refractivity contribution in [2.45, 2.75) is 39.2 Å². The van der Waals surface area contributed by atoms with Crippen molar-refractivity contribution >= 4 is 23.2 Å². The van der Waals surface area contributed by atoms with Crippen LogP contribution in [-0.2, 0) is 0 Å². The second kappa shape index (κ2) is 8.32. The van der Waals surface area contributed by atoms with E-state index in [-0.39, 0.29) is 12.1 Å². The Labute approximate surface area is 121 Å². The first-order chi connectivity index (χ1) is 9.10. The number of hydrogen-bond donors (Lipinski definition) is 2. The van der Waals surface area contributed by atoms with E-state index in [0.29, 0.717) is 4.99 Å². The van der Waals surface area contributed by atoms with Gasteiger partial charge < -0.3 is 16.0 Å². The van der Waals surface area contributed by atoms with Crippen LogP contribution in [0.25, 0.3) is 0 Å². The van der Waals surface area contributed by atoms with Crippen LogP contribution in [0, 0.1) is 0 Å². The predicted octanol–water partition coefficient (Wildman–Crippen LogP) is 1.18. The zero-order chi connectivity index (χ0) is 14.3. The largest absolute Gasteiger partial charge is 0.392 e. The summed E-state index contributed by atoms with van der Waals surface area (Å²) in [6, 6.07) is 0.227. The maximum atomic E-state index is 11.8. The Morgan fingerprint density at radius 2 is 1.89 bits per heavy atom. The quantitative estimate of drug-likeness (QED) is 0.720. The van der Waals surface area contributed by atoms with Crippen LogP contribution in [0.5, 0.6) is 0 Å². The first-order valence-electron chi connectivity index (χ1n) is 7.16. The number of amides is 2. The molecule has 0 aliphatic carbocycles. The molecule has 1 unspecified atom stereocenters. The number of nitrogens with one attached hydrogen (secondary N) is 1. The first kappa shape index (κ1) is 16.2. The van der Waals surface area contributed by atoms with Crippen LogP contribution >= 0.6 is 12.2 Å². The minimum Gasteiger partial charge on any atom is -0.392 e. The lowest BCUT2D eigenvalue weighted by atomic mass is 10.1. The Bertz CT molecular complexity index is 303. The highest BCUT2D eigenvalue weighted by Gasteiger charge is 2.26. The number of nitrogens with zero attached hydrogens (tertiary/aromatic N) is 2. The molecule has 0 spiro atoms. The van der Waals surface area contributed by atoms with Crippen LogP contribution in [0.4, 0.5) is 4.79 Å². The fraction of sp³-hybridized carbons (Fsp3) is 0.846. The Hall–Kier alpha value is -0.880. The zero-order valence-corrected chi connectivity index (χ0v) is 12.8. The van der Waals surface area contributed by atoms with Gasteiger partial charge in [-0.05, 0) is 12.8 Å². The van der Waals surface area contributed by atoms with E-state index in [9.17, 15) is 4.79 Å². The van der Waals surface area contributed by atoms with Crippen LogP contribution in [0.1, 0.15) is 33.1 Å². The van der Waals surface area contributed by atoms with E-state index in [4.69, 9.17) is 18.0 Å². The molecular formula is C13H26N4OS. The topological polar surface area (TPSA) is 61.6 Å². The number of hydrogen-bond acceptors (Lipinski definition) is 3. The molecule has 1 rings (SSSR count). The summed E-state index contributed by atoms with van der Waals surface area (Å²) in [6.45, 7) is 8.12. The molecular weight excluding hydrogens is 260 g/mol. The molecule has 6 heteroatoms. The number of urea groups is 1. The van der Waals surface area contributed by atoms with Crippen molar-refractivity contribution in [1.29, 1.82) is 0 Å². The van der Waals surface area contributed by atoms with Crippen LogP contribution < -0.4 is 11.1 Å². The molecule has 0 aromatic carbocycles. The molecule has 0 bridgehead atoms. The predicted molar refractivity (Wildman–Crippen MR) is 82.3 cm³/mol. The summed E-state index contributed by atoms with van der Waals surface area (Å²) in [5.74, 6) is 0. The lowest BCUT2D eigenvalue weighted by Crippen LogP contribution is -2.56. The summed E-state index contributed by atoms with van der Waals surface area (Å²) in [7, 11) is 0. The van der Waals surface area contributed by atoms with Gasteiger partial charge in [-0.1, -0.05) is 32.5 Å². The normalized spacial score (nSPS) is 18.1. The average Bonchev–Trinajstić information content (AvgIpc) is 2.42. The van der Waals surface area contributed by atoms with Gasteiger partial charge in [0.2, 0.25) is 0 Å². The van der Waals surface area contributed by atoms with E-state index >= 15 is 0 Å². The van der Waals surface area contributed by atoms with Gasteiger partial charge in [-0.2, -0.15) is 0 Å². The first-order valence-corrected chi connectivity index (χ1v) is 7.57. The molecule has 0 radical (unpaired) electrons. The number of carbonyl (C=O) groups is 1. The molecule has 1 saturated heterocycles. The summed E-state index contributed by atoms with van der Waals surface area (Å²) in [5.41, 5.74) is 5.81. The van der Waals surface area contributed by atoms with Gasteiger partial charge in [0.25, 0.3) is 0 Å². The van der Waals surface area contributed by atoms with Crippen molar-refractivity contribution in [3.8, 4) is 0 Å². The summed E-state index contributed by atoms with van der Waals surface area (Å²) in [4.78, 5) is 16.6. The summed E-state index contributed by atoms with van der Waals surface area (Å²) < 4.78 is 0. The third-order valence-electron chi connectivity index (χ3n) is 3.46. The Kier molecular flexibility index (Phi) is 7.09. The average molecular weight is 286 g/mol. The van der Waals surface area contributed by atoms with E-state index < -0.39 is 0 Å². The number of carbonyl (C=O) groups excluding carboxylic acids is 1. The van der Waals surface area contributed by atoms with Gasteiger partial charge in [-0.3, -0.25) is 4.90 Å². The minimum atomic E-state index is 0.0452. The van der Waals surface area contributed by atoms with Gasteiger partial charge in [0.1, 0.15) is 0 Å². The molecule has 1 heterocycles. The highest BCUT2D eigenvalue weighted by atomic mass is 32.1. The van der Waals surface area contributed by atoms with Gasteiger partial charge in [-0.15, -0.1) is 0 Å². The standard InChI is InChI=1S/C13H26N4OS/c1-3-5-11(12(14)19)16-7-9-17(10-8-16)13(18)15-6-4-2/h11H,3-10H2,1-2H3,(H2,14,19)(H,15,18). The third kappa shape index (κ3) is 4.95. The van der Waals surface area contributed by atoms with Crippen molar-refractivity contribution in [2.75, 3.05) is 32.7 Å². The highest BCUT2D eigenvalue weighted by molar-refractivity contribution is 7.80. The van der Waals surface area contributed by atoms with Crippen molar-refractivity contribution in [3.63, 3.8) is 0 Å². The molecule has 1 aliphatic heterocycles. The van der Waals surface area contributed by atoms with Crippen molar-refractivity contribution < 1.29 is 4.79 Å². The van der Waals surface area contributed by atoms with Crippen molar-refractivity contribution in [2.24, 2.45) is 5.73 Å². The van der Waals surface area contributed by atoms with E-state index in [2.05, 4.69) is 24.1 Å². The van der Waals surface area contributed by atoms with Crippen LogP contribution in [0.15, 0.2) is 0 Å². The zero-order valence-electron chi connectivity index (χ0n) is 12.0. The number of rotatable bonds is 6. The Morgan fingerprint density at radius 3 is 2.37 bits per heavy atom. The van der Waals surface area contributed by atoms with E-state index in [0.717, 1.165) is 52.0 Å². The minimum absolute atomic E-state index is 0.0452. The molecule has 5 nitrogen and oxygen atoms in total. The van der Waals surface area contributed by atoms with Gasteiger partial charge in [0.15, 0.2) is 0 Å². The number of thiocarbonyl (C=S) groups is 1. The Balaban J connectivity index is 2.42. The molecule has 1 aliphatic rings.